The topological polar surface area (TPSA) is 46.5 Å². The Bertz CT molecular complexity index is 445. The van der Waals surface area contributed by atoms with Gasteiger partial charge in [-0.25, -0.2) is 4.79 Å². The molecule has 1 saturated carbocycles. The number of phenolic OH excluding ortho intramolecular Hbond substituents is 1. The van der Waals surface area contributed by atoms with E-state index < -0.39 is 0 Å². The number of aryl methyl sites for hydroxylation is 1. The summed E-state index contributed by atoms with van der Waals surface area (Å²) in [4.78, 5) is 11.7. The van der Waals surface area contributed by atoms with Crippen molar-refractivity contribution in [3.63, 3.8) is 0 Å². The molecule has 0 aromatic heterocycles. The Balaban J connectivity index is 2.37. The van der Waals surface area contributed by atoms with Gasteiger partial charge in [0.15, 0.2) is 0 Å². The van der Waals surface area contributed by atoms with E-state index in [-0.39, 0.29) is 5.97 Å². The second-order valence-corrected chi connectivity index (χ2v) is 5.05. The number of carbonyl (C=O) groups is 1. The van der Waals surface area contributed by atoms with Crippen LogP contribution in [-0.2, 0) is 4.74 Å². The van der Waals surface area contributed by atoms with Gasteiger partial charge in [0.2, 0.25) is 0 Å². The second-order valence-electron chi connectivity index (χ2n) is 5.05. The van der Waals surface area contributed by atoms with Crippen molar-refractivity contribution in [1.29, 1.82) is 0 Å². The number of esters is 1. The van der Waals surface area contributed by atoms with Crippen molar-refractivity contribution < 1.29 is 14.6 Å². The van der Waals surface area contributed by atoms with Crippen molar-refractivity contribution in [2.24, 2.45) is 0 Å². The Morgan fingerprint density at radius 1 is 1.28 bits per heavy atom. The van der Waals surface area contributed by atoms with Crippen LogP contribution < -0.4 is 0 Å². The minimum Gasteiger partial charge on any atom is -0.508 e. The van der Waals surface area contributed by atoms with Crippen LogP contribution in [0.2, 0.25) is 0 Å². The summed E-state index contributed by atoms with van der Waals surface area (Å²) < 4.78 is 4.78. The summed E-state index contributed by atoms with van der Waals surface area (Å²) >= 11 is 0. The van der Waals surface area contributed by atoms with Crippen LogP contribution in [0.15, 0.2) is 12.1 Å². The van der Waals surface area contributed by atoms with E-state index in [1.54, 1.807) is 6.07 Å². The van der Waals surface area contributed by atoms with Crippen molar-refractivity contribution in [3.05, 3.63) is 28.8 Å². The highest BCUT2D eigenvalue weighted by atomic mass is 16.5. The largest absolute Gasteiger partial charge is 0.508 e. The first-order valence-electron chi connectivity index (χ1n) is 6.55. The molecule has 0 saturated heterocycles. The smallest absolute Gasteiger partial charge is 0.338 e. The molecule has 1 aromatic rings. The SMILES string of the molecule is COC(=O)c1cc(C2CCCCC2)c(O)cc1C. The lowest BCUT2D eigenvalue weighted by atomic mass is 9.82. The maximum Gasteiger partial charge on any atom is 0.338 e. The van der Waals surface area contributed by atoms with Crippen LogP contribution in [0.1, 0.15) is 59.5 Å². The molecule has 0 atom stereocenters. The molecule has 3 nitrogen and oxygen atoms in total. The summed E-state index contributed by atoms with van der Waals surface area (Å²) in [7, 11) is 1.38. The molecule has 1 fully saturated rings. The standard InChI is InChI=1S/C15H20O3/c1-10-8-14(16)13(9-12(10)15(17)18-2)11-6-4-3-5-7-11/h8-9,11,16H,3-7H2,1-2H3. The molecule has 0 heterocycles. The number of hydrogen-bond acceptors (Lipinski definition) is 3. The van der Waals surface area contributed by atoms with Crippen LogP contribution in [-0.4, -0.2) is 18.2 Å². The molecular weight excluding hydrogens is 228 g/mol. The van der Waals surface area contributed by atoms with Crippen molar-refractivity contribution in [1.82, 2.24) is 0 Å². The van der Waals surface area contributed by atoms with Crippen LogP contribution in [0.3, 0.4) is 0 Å². The summed E-state index contributed by atoms with van der Waals surface area (Å²) in [6.45, 7) is 1.82. The molecule has 18 heavy (non-hydrogen) atoms. The molecule has 1 aromatic carbocycles. The first-order valence-corrected chi connectivity index (χ1v) is 6.55. The molecule has 0 spiro atoms. The zero-order chi connectivity index (χ0) is 13.1. The first-order chi connectivity index (χ1) is 8.63. The number of rotatable bonds is 2. The Labute approximate surface area is 108 Å². The number of methoxy groups -OCH3 is 1. The third-order valence-electron chi connectivity index (χ3n) is 3.82. The van der Waals surface area contributed by atoms with Gasteiger partial charge < -0.3 is 9.84 Å². The highest BCUT2D eigenvalue weighted by Crippen LogP contribution is 2.38. The van der Waals surface area contributed by atoms with E-state index in [4.69, 9.17) is 4.74 Å². The average Bonchev–Trinajstić information content (AvgIpc) is 2.39. The van der Waals surface area contributed by atoms with E-state index in [2.05, 4.69) is 0 Å². The van der Waals surface area contributed by atoms with Gasteiger partial charge in [0.25, 0.3) is 0 Å². The van der Waals surface area contributed by atoms with E-state index in [1.807, 2.05) is 13.0 Å². The molecule has 3 heteroatoms. The van der Waals surface area contributed by atoms with Gasteiger partial charge in [0.05, 0.1) is 12.7 Å². The normalized spacial score (nSPS) is 16.6. The van der Waals surface area contributed by atoms with E-state index in [1.165, 1.54) is 26.4 Å². The molecule has 0 aliphatic heterocycles. The fraction of sp³-hybridized carbons (Fsp3) is 0.533. The summed E-state index contributed by atoms with van der Waals surface area (Å²) in [5.74, 6) is 0.361. The second kappa shape index (κ2) is 5.42. The van der Waals surface area contributed by atoms with Gasteiger partial charge in [-0.15, -0.1) is 0 Å². The summed E-state index contributed by atoms with van der Waals surface area (Å²) in [6, 6.07) is 3.49. The highest BCUT2D eigenvalue weighted by molar-refractivity contribution is 5.91. The van der Waals surface area contributed by atoms with Crippen LogP contribution in [0.4, 0.5) is 0 Å². The van der Waals surface area contributed by atoms with Crippen molar-refractivity contribution in [2.75, 3.05) is 7.11 Å². The Kier molecular flexibility index (Phi) is 3.90. The summed E-state index contributed by atoms with van der Waals surface area (Å²) in [6.07, 6.45) is 5.86. The number of phenols is 1. The number of aromatic hydroxyl groups is 1. The molecule has 0 radical (unpaired) electrons. The fourth-order valence-corrected chi connectivity index (χ4v) is 2.78. The van der Waals surface area contributed by atoms with E-state index in [0.29, 0.717) is 17.2 Å². The minimum atomic E-state index is -0.329. The van der Waals surface area contributed by atoms with Gasteiger partial charge >= 0.3 is 5.97 Å². The van der Waals surface area contributed by atoms with Gasteiger partial charge in [-0.05, 0) is 48.9 Å². The Hall–Kier alpha value is -1.51. The molecular formula is C15H20O3. The van der Waals surface area contributed by atoms with Crippen LogP contribution >= 0.6 is 0 Å². The monoisotopic (exact) mass is 248 g/mol. The number of hydrogen-bond donors (Lipinski definition) is 1. The first kappa shape index (κ1) is 12.9. The van der Waals surface area contributed by atoms with Gasteiger partial charge in [-0.2, -0.15) is 0 Å². The molecule has 2 rings (SSSR count). The van der Waals surface area contributed by atoms with Gasteiger partial charge in [-0.1, -0.05) is 19.3 Å². The minimum absolute atomic E-state index is 0.312. The Morgan fingerprint density at radius 3 is 2.56 bits per heavy atom. The highest BCUT2D eigenvalue weighted by Gasteiger charge is 2.21. The van der Waals surface area contributed by atoms with Crippen molar-refractivity contribution in [3.8, 4) is 5.75 Å². The molecule has 1 N–H and O–H groups in total. The molecule has 98 valence electrons. The summed E-state index contributed by atoms with van der Waals surface area (Å²) in [5.41, 5.74) is 2.23. The van der Waals surface area contributed by atoms with Crippen LogP contribution in [0.5, 0.6) is 5.75 Å². The van der Waals surface area contributed by atoms with Crippen LogP contribution in [0, 0.1) is 6.92 Å². The van der Waals surface area contributed by atoms with E-state index in [0.717, 1.165) is 24.0 Å². The molecule has 0 unspecified atom stereocenters. The maximum absolute atomic E-state index is 11.7. The van der Waals surface area contributed by atoms with Gasteiger partial charge in [0, 0.05) is 0 Å². The lowest BCUT2D eigenvalue weighted by molar-refractivity contribution is 0.0599. The predicted molar refractivity (Wildman–Crippen MR) is 70.0 cm³/mol. The lowest BCUT2D eigenvalue weighted by Gasteiger charge is -2.23. The third-order valence-corrected chi connectivity index (χ3v) is 3.82. The zero-order valence-electron chi connectivity index (χ0n) is 11.0. The molecule has 1 aliphatic rings. The molecule has 0 bridgehead atoms. The van der Waals surface area contributed by atoms with Crippen molar-refractivity contribution >= 4 is 5.97 Å². The Morgan fingerprint density at radius 2 is 1.94 bits per heavy atom. The summed E-state index contributed by atoms with van der Waals surface area (Å²) in [5, 5.41) is 10.1. The number of benzene rings is 1. The van der Waals surface area contributed by atoms with Crippen LogP contribution in [0.25, 0.3) is 0 Å². The average molecular weight is 248 g/mol. The molecule has 0 amide bonds. The lowest BCUT2D eigenvalue weighted by Crippen LogP contribution is -2.09. The third kappa shape index (κ3) is 2.50. The van der Waals surface area contributed by atoms with Crippen molar-refractivity contribution in [2.45, 2.75) is 44.9 Å². The maximum atomic E-state index is 11.7. The quantitative estimate of drug-likeness (QED) is 0.814. The predicted octanol–water partition coefficient (Wildman–Crippen LogP) is 3.53. The van der Waals surface area contributed by atoms with Gasteiger partial charge in [-0.3, -0.25) is 0 Å². The van der Waals surface area contributed by atoms with E-state index >= 15 is 0 Å². The molecule has 1 aliphatic carbocycles. The number of carbonyl (C=O) groups excluding carboxylic acids is 1. The zero-order valence-corrected chi connectivity index (χ0v) is 11.0. The van der Waals surface area contributed by atoms with Gasteiger partial charge in [0.1, 0.15) is 5.75 Å². The number of ether oxygens (including phenoxy) is 1. The fourth-order valence-electron chi connectivity index (χ4n) is 2.78. The van der Waals surface area contributed by atoms with E-state index in [9.17, 15) is 9.90 Å².